The Morgan fingerprint density at radius 3 is 2.76 bits per heavy atom. The van der Waals surface area contributed by atoms with Gasteiger partial charge in [-0.05, 0) is 38.0 Å². The molecule has 1 aromatic rings. The highest BCUT2D eigenvalue weighted by Crippen LogP contribution is 2.32. The van der Waals surface area contributed by atoms with Crippen LogP contribution in [0.25, 0.3) is 0 Å². The van der Waals surface area contributed by atoms with E-state index in [-0.39, 0.29) is 0 Å². The molecule has 2 unspecified atom stereocenters. The number of hydrogen-bond donors (Lipinski definition) is 0. The molecule has 0 aliphatic heterocycles. The molecule has 1 fully saturated rings. The molecule has 2 nitrogen and oxygen atoms in total. The lowest BCUT2D eigenvalue weighted by Crippen LogP contribution is -2.18. The van der Waals surface area contributed by atoms with Gasteiger partial charge in [0.2, 0.25) is 0 Å². The summed E-state index contributed by atoms with van der Waals surface area (Å²) in [6.45, 7) is 2.09. The van der Waals surface area contributed by atoms with Gasteiger partial charge < -0.3 is 0 Å². The van der Waals surface area contributed by atoms with Crippen molar-refractivity contribution in [3.05, 3.63) is 16.4 Å². The van der Waals surface area contributed by atoms with Crippen LogP contribution < -0.4 is 0 Å². The van der Waals surface area contributed by atoms with Crippen LogP contribution in [-0.4, -0.2) is 15.2 Å². The molecule has 1 saturated carbocycles. The minimum absolute atomic E-state index is 0.353. The molecule has 0 N–H and O–H groups in total. The fraction of sp³-hybridized carbons (Fsp3) is 0.769. The molecule has 0 bridgehead atoms. The molecule has 1 heterocycles. The topological polar surface area (TPSA) is 17.8 Å². The molecule has 1 aliphatic rings. The van der Waals surface area contributed by atoms with Crippen molar-refractivity contribution in [3.8, 4) is 0 Å². The predicted octanol–water partition coefficient (Wildman–Crippen LogP) is 3.98. The van der Waals surface area contributed by atoms with Crippen LogP contribution in [0.4, 0.5) is 0 Å². The molecule has 17 heavy (non-hydrogen) atoms. The van der Waals surface area contributed by atoms with Gasteiger partial charge in [-0.1, -0.05) is 24.9 Å². The lowest BCUT2D eigenvalue weighted by atomic mass is 9.85. The zero-order valence-electron chi connectivity index (χ0n) is 10.5. The second-order valence-electron chi connectivity index (χ2n) is 5.02. The number of nitrogens with zero attached hydrogens (tertiary/aromatic N) is 2. The summed E-state index contributed by atoms with van der Waals surface area (Å²) in [5.41, 5.74) is 2.20. The lowest BCUT2D eigenvalue weighted by molar-refractivity contribution is 0.355. The maximum atomic E-state index is 6.37. The third kappa shape index (κ3) is 2.97. The molecular weight excluding hydrogens is 255 g/mol. The lowest BCUT2D eigenvalue weighted by Gasteiger charge is -2.25. The fourth-order valence-electron chi connectivity index (χ4n) is 2.73. The first-order valence-electron chi connectivity index (χ1n) is 6.46. The molecule has 2 rings (SSSR count). The van der Waals surface area contributed by atoms with E-state index in [0.29, 0.717) is 11.3 Å². The van der Waals surface area contributed by atoms with E-state index in [1.807, 2.05) is 11.7 Å². The van der Waals surface area contributed by atoms with E-state index < -0.39 is 0 Å². The molecule has 0 amide bonds. The summed E-state index contributed by atoms with van der Waals surface area (Å²) in [6.07, 6.45) is 6.71. The van der Waals surface area contributed by atoms with Gasteiger partial charge in [0.1, 0.15) is 0 Å². The summed E-state index contributed by atoms with van der Waals surface area (Å²) in [5.74, 6) is 0.670. The predicted molar refractivity (Wildman–Crippen MR) is 72.9 cm³/mol. The Morgan fingerprint density at radius 1 is 1.41 bits per heavy atom. The zero-order valence-corrected chi connectivity index (χ0v) is 12.1. The monoisotopic (exact) mass is 274 g/mol. The van der Waals surface area contributed by atoms with E-state index in [1.54, 1.807) is 0 Å². The van der Waals surface area contributed by atoms with Gasteiger partial charge in [-0.2, -0.15) is 5.10 Å². The van der Waals surface area contributed by atoms with E-state index >= 15 is 0 Å². The molecule has 0 spiro atoms. The van der Waals surface area contributed by atoms with Crippen molar-refractivity contribution in [1.82, 2.24) is 9.78 Å². The highest BCUT2D eigenvalue weighted by molar-refractivity contribution is 6.31. The number of halogens is 2. The minimum Gasteiger partial charge on any atom is -0.271 e. The van der Waals surface area contributed by atoms with Crippen molar-refractivity contribution in [2.24, 2.45) is 13.0 Å². The largest absolute Gasteiger partial charge is 0.271 e. The van der Waals surface area contributed by atoms with Gasteiger partial charge in [-0.15, -0.1) is 11.6 Å². The van der Waals surface area contributed by atoms with Crippen LogP contribution in [0, 0.1) is 5.92 Å². The van der Waals surface area contributed by atoms with E-state index in [0.717, 1.165) is 36.4 Å². The number of aromatic nitrogens is 2. The van der Waals surface area contributed by atoms with Gasteiger partial charge in [0.15, 0.2) is 0 Å². The van der Waals surface area contributed by atoms with Crippen LogP contribution >= 0.6 is 23.2 Å². The summed E-state index contributed by atoms with van der Waals surface area (Å²) in [5, 5.41) is 5.69. The van der Waals surface area contributed by atoms with Crippen LogP contribution in [0.2, 0.25) is 5.02 Å². The van der Waals surface area contributed by atoms with Crippen molar-refractivity contribution in [3.63, 3.8) is 0 Å². The summed E-state index contributed by atoms with van der Waals surface area (Å²) in [6, 6.07) is 0. The maximum Gasteiger partial charge on any atom is 0.0849 e. The maximum absolute atomic E-state index is 6.37. The van der Waals surface area contributed by atoms with Crippen LogP contribution in [-0.2, 0) is 19.9 Å². The molecule has 0 aromatic carbocycles. The van der Waals surface area contributed by atoms with Gasteiger partial charge in [0, 0.05) is 12.4 Å². The Hall–Kier alpha value is -0.210. The zero-order chi connectivity index (χ0) is 12.4. The Bertz CT molecular complexity index is 387. The van der Waals surface area contributed by atoms with Crippen LogP contribution in [0.1, 0.15) is 44.0 Å². The third-order valence-corrected chi connectivity index (χ3v) is 4.54. The van der Waals surface area contributed by atoms with E-state index in [9.17, 15) is 0 Å². The second kappa shape index (κ2) is 5.62. The van der Waals surface area contributed by atoms with Gasteiger partial charge >= 0.3 is 0 Å². The first kappa shape index (κ1) is 13.2. The smallest absolute Gasteiger partial charge is 0.0849 e. The molecular formula is C13H20Cl2N2. The first-order chi connectivity index (χ1) is 8.11. The van der Waals surface area contributed by atoms with Crippen LogP contribution in [0.3, 0.4) is 0 Å². The Balaban J connectivity index is 2.10. The molecule has 0 radical (unpaired) electrons. The Morgan fingerprint density at radius 2 is 2.18 bits per heavy atom. The number of alkyl halides is 1. The van der Waals surface area contributed by atoms with Crippen molar-refractivity contribution in [1.29, 1.82) is 0 Å². The van der Waals surface area contributed by atoms with Gasteiger partial charge in [-0.3, -0.25) is 4.68 Å². The standard InChI is InChI=1S/C13H20Cl2N2/c1-3-11-13(15)12(17(2)16-11)8-9-5-4-6-10(14)7-9/h9-10H,3-8H2,1-2H3. The quantitative estimate of drug-likeness (QED) is 0.763. The number of aryl methyl sites for hydroxylation is 2. The van der Waals surface area contributed by atoms with Gasteiger partial charge in [0.25, 0.3) is 0 Å². The molecule has 0 saturated heterocycles. The number of rotatable bonds is 3. The SMILES string of the molecule is CCc1nn(C)c(CC2CCCC(Cl)C2)c1Cl. The van der Waals surface area contributed by atoms with E-state index in [4.69, 9.17) is 23.2 Å². The highest BCUT2D eigenvalue weighted by atomic mass is 35.5. The van der Waals surface area contributed by atoms with Crippen molar-refractivity contribution in [2.45, 2.75) is 50.8 Å². The summed E-state index contributed by atoms with van der Waals surface area (Å²) >= 11 is 12.6. The average Bonchev–Trinajstić information content (AvgIpc) is 2.56. The van der Waals surface area contributed by atoms with Crippen molar-refractivity contribution in [2.75, 3.05) is 0 Å². The summed E-state index contributed by atoms with van der Waals surface area (Å²) < 4.78 is 1.94. The third-order valence-electron chi connectivity index (χ3n) is 3.70. The first-order valence-corrected chi connectivity index (χ1v) is 7.27. The van der Waals surface area contributed by atoms with E-state index in [2.05, 4.69) is 12.0 Å². The Labute approximate surface area is 113 Å². The average molecular weight is 275 g/mol. The van der Waals surface area contributed by atoms with Gasteiger partial charge in [-0.25, -0.2) is 0 Å². The molecule has 1 aliphatic carbocycles. The summed E-state index contributed by atoms with van der Waals surface area (Å²) in [7, 11) is 1.99. The van der Waals surface area contributed by atoms with Crippen molar-refractivity contribution >= 4 is 23.2 Å². The molecule has 2 atom stereocenters. The van der Waals surface area contributed by atoms with Crippen LogP contribution in [0.15, 0.2) is 0 Å². The molecule has 96 valence electrons. The van der Waals surface area contributed by atoms with Crippen molar-refractivity contribution < 1.29 is 0 Å². The molecule has 1 aromatic heterocycles. The van der Waals surface area contributed by atoms with Crippen LogP contribution in [0.5, 0.6) is 0 Å². The second-order valence-corrected chi connectivity index (χ2v) is 6.01. The number of hydrogen-bond acceptors (Lipinski definition) is 1. The highest BCUT2D eigenvalue weighted by Gasteiger charge is 2.23. The molecule has 4 heteroatoms. The fourth-order valence-corrected chi connectivity index (χ4v) is 3.50. The van der Waals surface area contributed by atoms with E-state index in [1.165, 1.54) is 18.5 Å². The normalized spacial score (nSPS) is 25.2. The minimum atomic E-state index is 0.353. The van der Waals surface area contributed by atoms with Gasteiger partial charge in [0.05, 0.1) is 16.4 Å². The summed E-state index contributed by atoms with van der Waals surface area (Å²) in [4.78, 5) is 0. The Kier molecular flexibility index (Phi) is 4.37.